The highest BCUT2D eigenvalue weighted by Gasteiger charge is 2.22. The standard InChI is InChI=1S/C46H28/c1-2-11-29(12-3-1)32-24-33(26-34(25-32)44-27-31-13-4-5-14-36(31)38-15-6-8-17-40(38)44)30-21-22-37-35(23-30)28-45-41-18-9-7-16-39(41)43-20-10-19-42(37)46(43)45/h1-28H. The zero-order valence-corrected chi connectivity index (χ0v) is 25.2. The third-order valence-corrected chi connectivity index (χ3v) is 9.94. The Hall–Kier alpha value is -5.98. The van der Waals surface area contributed by atoms with Crippen LogP contribution in [-0.2, 0) is 0 Å². The molecule has 0 unspecified atom stereocenters. The van der Waals surface area contributed by atoms with E-state index in [9.17, 15) is 0 Å². The smallest absolute Gasteiger partial charge is 0.00199 e. The molecule has 0 heteroatoms. The van der Waals surface area contributed by atoms with Crippen LogP contribution in [0.15, 0.2) is 170 Å². The van der Waals surface area contributed by atoms with Crippen molar-refractivity contribution in [1.82, 2.24) is 0 Å². The molecule has 46 heavy (non-hydrogen) atoms. The molecule has 0 saturated carbocycles. The van der Waals surface area contributed by atoms with Gasteiger partial charge in [0.25, 0.3) is 0 Å². The summed E-state index contributed by atoms with van der Waals surface area (Å²) in [7, 11) is 0. The highest BCUT2D eigenvalue weighted by molar-refractivity contribution is 6.23. The molecule has 0 N–H and O–H groups in total. The summed E-state index contributed by atoms with van der Waals surface area (Å²) in [5, 5.41) is 10.4. The summed E-state index contributed by atoms with van der Waals surface area (Å²) in [4.78, 5) is 0. The summed E-state index contributed by atoms with van der Waals surface area (Å²) < 4.78 is 0. The molecule has 0 aromatic heterocycles. The summed E-state index contributed by atoms with van der Waals surface area (Å²) in [6, 6.07) is 62.9. The lowest BCUT2D eigenvalue weighted by atomic mass is 9.88. The van der Waals surface area contributed by atoms with Crippen LogP contribution in [0.5, 0.6) is 0 Å². The average molecular weight is 581 g/mol. The molecule has 1 aliphatic rings. The molecule has 10 rings (SSSR count). The van der Waals surface area contributed by atoms with Crippen LogP contribution < -0.4 is 0 Å². The first kappa shape index (κ1) is 25.4. The zero-order valence-electron chi connectivity index (χ0n) is 25.2. The summed E-state index contributed by atoms with van der Waals surface area (Å²) in [5.74, 6) is 0. The molecule has 9 aromatic rings. The van der Waals surface area contributed by atoms with E-state index in [-0.39, 0.29) is 0 Å². The van der Waals surface area contributed by atoms with Gasteiger partial charge in [-0.1, -0.05) is 133 Å². The minimum Gasteiger partial charge on any atom is -0.0622 e. The number of fused-ring (bicyclic) bond motifs is 8. The van der Waals surface area contributed by atoms with Gasteiger partial charge in [0, 0.05) is 0 Å². The molecule has 0 amide bonds. The van der Waals surface area contributed by atoms with E-state index in [0.717, 1.165) is 0 Å². The van der Waals surface area contributed by atoms with E-state index in [4.69, 9.17) is 0 Å². The maximum absolute atomic E-state index is 2.41. The fourth-order valence-electron chi connectivity index (χ4n) is 7.83. The lowest BCUT2D eigenvalue weighted by molar-refractivity contribution is 1.59. The Morgan fingerprint density at radius 3 is 1.65 bits per heavy atom. The molecule has 0 fully saturated rings. The van der Waals surface area contributed by atoms with Crippen molar-refractivity contribution < 1.29 is 0 Å². The monoisotopic (exact) mass is 580 g/mol. The van der Waals surface area contributed by atoms with Crippen LogP contribution in [0.3, 0.4) is 0 Å². The Morgan fingerprint density at radius 1 is 0.217 bits per heavy atom. The Balaban J connectivity index is 1.23. The van der Waals surface area contributed by atoms with E-state index < -0.39 is 0 Å². The molecule has 0 aliphatic heterocycles. The topological polar surface area (TPSA) is 0 Å². The van der Waals surface area contributed by atoms with E-state index in [0.29, 0.717) is 0 Å². The third kappa shape index (κ3) is 3.74. The van der Waals surface area contributed by atoms with E-state index in [1.165, 1.54) is 98.7 Å². The van der Waals surface area contributed by atoms with Gasteiger partial charge in [0.15, 0.2) is 0 Å². The summed E-state index contributed by atoms with van der Waals surface area (Å²) in [6.07, 6.45) is 0. The van der Waals surface area contributed by atoms with Gasteiger partial charge in [-0.15, -0.1) is 0 Å². The molecule has 0 nitrogen and oxygen atoms in total. The lowest BCUT2D eigenvalue weighted by Crippen LogP contribution is -1.89. The molecule has 0 atom stereocenters. The van der Waals surface area contributed by atoms with Crippen molar-refractivity contribution in [3.8, 4) is 55.6 Å². The molecule has 1 aliphatic carbocycles. The van der Waals surface area contributed by atoms with E-state index in [1.54, 1.807) is 0 Å². The van der Waals surface area contributed by atoms with Crippen molar-refractivity contribution in [3.05, 3.63) is 170 Å². The van der Waals surface area contributed by atoms with Crippen LogP contribution >= 0.6 is 0 Å². The van der Waals surface area contributed by atoms with Gasteiger partial charge in [-0.3, -0.25) is 0 Å². The van der Waals surface area contributed by atoms with Gasteiger partial charge in [0.1, 0.15) is 0 Å². The van der Waals surface area contributed by atoms with Crippen molar-refractivity contribution in [3.63, 3.8) is 0 Å². The number of hydrogen-bond donors (Lipinski definition) is 0. The average Bonchev–Trinajstić information content (AvgIpc) is 3.45. The molecule has 0 heterocycles. The molecule has 0 bridgehead atoms. The van der Waals surface area contributed by atoms with Crippen molar-refractivity contribution in [2.75, 3.05) is 0 Å². The van der Waals surface area contributed by atoms with E-state index in [1.807, 2.05) is 0 Å². The quantitative estimate of drug-likeness (QED) is 0.182. The fourth-order valence-corrected chi connectivity index (χ4v) is 7.83. The van der Waals surface area contributed by atoms with Gasteiger partial charge in [-0.2, -0.15) is 0 Å². The summed E-state index contributed by atoms with van der Waals surface area (Å²) >= 11 is 0. The molecular weight excluding hydrogens is 553 g/mol. The first-order chi connectivity index (χ1) is 22.8. The molecule has 9 aromatic carbocycles. The molecule has 0 radical (unpaired) electrons. The van der Waals surface area contributed by atoms with Crippen molar-refractivity contribution >= 4 is 43.1 Å². The minimum atomic E-state index is 1.22. The molecule has 212 valence electrons. The molecular formula is C46H28. The summed E-state index contributed by atoms with van der Waals surface area (Å²) in [5.41, 5.74) is 12.7. The van der Waals surface area contributed by atoms with E-state index in [2.05, 4.69) is 170 Å². The largest absolute Gasteiger partial charge is 0.0622 e. The number of benzene rings is 9. The Kier molecular flexibility index (Phi) is 5.38. The van der Waals surface area contributed by atoms with Crippen LogP contribution in [-0.4, -0.2) is 0 Å². The summed E-state index contributed by atoms with van der Waals surface area (Å²) in [6.45, 7) is 0. The van der Waals surface area contributed by atoms with E-state index >= 15 is 0 Å². The van der Waals surface area contributed by atoms with Gasteiger partial charge in [-0.05, 0) is 135 Å². The fraction of sp³-hybridized carbons (Fsp3) is 0. The van der Waals surface area contributed by atoms with Crippen LogP contribution in [0, 0.1) is 0 Å². The highest BCUT2D eigenvalue weighted by Crippen LogP contribution is 2.49. The Bertz CT molecular complexity index is 2680. The predicted octanol–water partition coefficient (Wildman–Crippen LogP) is 12.9. The van der Waals surface area contributed by atoms with Crippen molar-refractivity contribution in [2.24, 2.45) is 0 Å². The number of rotatable bonds is 3. The van der Waals surface area contributed by atoms with Gasteiger partial charge in [0.2, 0.25) is 0 Å². The van der Waals surface area contributed by atoms with Gasteiger partial charge in [0.05, 0.1) is 0 Å². The normalized spacial score (nSPS) is 11.9. The second-order valence-electron chi connectivity index (χ2n) is 12.5. The first-order valence-electron chi connectivity index (χ1n) is 16.0. The maximum atomic E-state index is 2.41. The zero-order chi connectivity index (χ0) is 30.2. The van der Waals surface area contributed by atoms with Crippen LogP contribution in [0.1, 0.15) is 0 Å². The van der Waals surface area contributed by atoms with Crippen LogP contribution in [0.4, 0.5) is 0 Å². The molecule has 0 spiro atoms. The van der Waals surface area contributed by atoms with Crippen molar-refractivity contribution in [2.45, 2.75) is 0 Å². The Morgan fingerprint density at radius 2 is 0.804 bits per heavy atom. The second kappa shape index (κ2) is 9.76. The third-order valence-electron chi connectivity index (χ3n) is 9.94. The minimum absolute atomic E-state index is 1.22. The van der Waals surface area contributed by atoms with Crippen LogP contribution in [0.25, 0.3) is 98.7 Å². The first-order valence-corrected chi connectivity index (χ1v) is 16.0. The van der Waals surface area contributed by atoms with Gasteiger partial charge < -0.3 is 0 Å². The Labute approximate surface area is 267 Å². The molecule has 0 saturated heterocycles. The highest BCUT2D eigenvalue weighted by atomic mass is 14.3. The van der Waals surface area contributed by atoms with Gasteiger partial charge >= 0.3 is 0 Å². The number of hydrogen-bond acceptors (Lipinski definition) is 0. The lowest BCUT2D eigenvalue weighted by Gasteiger charge is -2.15. The second-order valence-corrected chi connectivity index (χ2v) is 12.5. The maximum Gasteiger partial charge on any atom is -0.00199 e. The predicted molar refractivity (Wildman–Crippen MR) is 197 cm³/mol. The van der Waals surface area contributed by atoms with Gasteiger partial charge in [-0.25, -0.2) is 0 Å². The van der Waals surface area contributed by atoms with Crippen LogP contribution in [0.2, 0.25) is 0 Å². The van der Waals surface area contributed by atoms with Crippen molar-refractivity contribution in [1.29, 1.82) is 0 Å². The SMILES string of the molecule is c1ccc(-c2cc(-c3ccc4c(c3)cc3c5c(cccc54)-c4ccccc4-3)cc(-c3cc4ccccc4c4ccccc34)c2)cc1.